The monoisotopic (exact) mass is 443 g/mol. The number of anilines is 1. The molecule has 0 aliphatic carbocycles. The van der Waals surface area contributed by atoms with Crippen LogP contribution in [-0.4, -0.2) is 16.8 Å². The number of nitrogens with zero attached hydrogens (tertiary/aromatic N) is 1. The molecule has 1 aliphatic heterocycles. The fourth-order valence-electron chi connectivity index (χ4n) is 3.65. The van der Waals surface area contributed by atoms with Crippen LogP contribution in [-0.2, 0) is 16.9 Å². The van der Waals surface area contributed by atoms with Gasteiger partial charge in [-0.05, 0) is 42.5 Å². The highest BCUT2D eigenvalue weighted by Gasteiger charge is 2.51. The molecule has 1 heterocycles. The van der Waals surface area contributed by atoms with Crippen LogP contribution in [0.3, 0.4) is 0 Å². The van der Waals surface area contributed by atoms with Crippen molar-refractivity contribution < 1.29 is 19.1 Å². The van der Waals surface area contributed by atoms with E-state index in [0.717, 1.165) is 0 Å². The highest BCUT2D eigenvalue weighted by molar-refractivity contribution is 6.31. The van der Waals surface area contributed by atoms with Gasteiger partial charge in [0.25, 0.3) is 5.91 Å². The summed E-state index contributed by atoms with van der Waals surface area (Å²) in [5, 5.41) is 12.0. The molecule has 1 aliphatic rings. The second kappa shape index (κ2) is 7.84. The van der Waals surface area contributed by atoms with Crippen molar-refractivity contribution in [3.8, 4) is 0 Å². The number of rotatable bonds is 5. The molecule has 0 aromatic heterocycles. The zero-order valence-corrected chi connectivity index (χ0v) is 17.1. The number of fused-ring (bicyclic) bond motifs is 1. The molecule has 0 radical (unpaired) electrons. The summed E-state index contributed by atoms with van der Waals surface area (Å²) in [6, 6.07) is 17.1. The molecule has 30 heavy (non-hydrogen) atoms. The Labute approximate surface area is 182 Å². The average Bonchev–Trinajstić information content (AvgIpc) is 2.93. The number of carbonyl (C=O) groups excluding carboxylic acids is 2. The van der Waals surface area contributed by atoms with Gasteiger partial charge in [0, 0.05) is 26.7 Å². The Morgan fingerprint density at radius 2 is 1.70 bits per heavy atom. The zero-order valence-electron chi connectivity index (χ0n) is 15.6. The van der Waals surface area contributed by atoms with E-state index in [0.29, 0.717) is 21.8 Å². The molecule has 0 bridgehead atoms. The fourth-order valence-corrected chi connectivity index (χ4v) is 3.99. The van der Waals surface area contributed by atoms with Crippen LogP contribution in [0.4, 0.5) is 10.1 Å². The summed E-state index contributed by atoms with van der Waals surface area (Å²) in [4.78, 5) is 27.3. The van der Waals surface area contributed by atoms with Gasteiger partial charge in [-0.15, -0.1) is 0 Å². The van der Waals surface area contributed by atoms with Crippen LogP contribution in [0.2, 0.25) is 10.0 Å². The number of Topliss-reactive ketones (excluding diaryl/α,β-unsaturated/α-hetero) is 1. The number of carbonyl (C=O) groups is 2. The molecule has 4 rings (SSSR count). The van der Waals surface area contributed by atoms with Gasteiger partial charge in [-0.3, -0.25) is 9.59 Å². The number of para-hydroxylation sites is 1. The minimum absolute atomic E-state index is 0.135. The third-order valence-corrected chi connectivity index (χ3v) is 5.81. The first-order valence-corrected chi connectivity index (χ1v) is 9.92. The van der Waals surface area contributed by atoms with Crippen molar-refractivity contribution in [2.75, 3.05) is 4.90 Å². The minimum Gasteiger partial charge on any atom is -0.375 e. The highest BCUT2D eigenvalue weighted by atomic mass is 35.5. The Morgan fingerprint density at radius 3 is 2.40 bits per heavy atom. The number of hydrogen-bond acceptors (Lipinski definition) is 3. The number of benzene rings is 3. The van der Waals surface area contributed by atoms with Crippen molar-refractivity contribution in [1.29, 1.82) is 0 Å². The summed E-state index contributed by atoms with van der Waals surface area (Å²) in [6.07, 6.45) is -0.452. The van der Waals surface area contributed by atoms with Crippen LogP contribution in [0.1, 0.15) is 27.9 Å². The maximum Gasteiger partial charge on any atom is 0.264 e. The molecule has 0 saturated heterocycles. The first-order chi connectivity index (χ1) is 14.3. The molecule has 0 fully saturated rings. The standard InChI is InChI=1S/C23H16Cl2FNO3/c24-15-10-8-14(9-11-15)21(28)12-23(30)17-4-1-2-7-20(17)27(22(23)29)13-16-18(25)5-3-6-19(16)26/h1-11,30H,12-13H2/t23-/m1/s1. The Morgan fingerprint density at radius 1 is 1.00 bits per heavy atom. The number of aliphatic hydroxyl groups is 1. The third-order valence-electron chi connectivity index (χ3n) is 5.20. The Hall–Kier alpha value is -2.73. The maximum atomic E-state index is 14.3. The van der Waals surface area contributed by atoms with Crippen molar-refractivity contribution in [3.05, 3.63) is 99.3 Å². The van der Waals surface area contributed by atoms with E-state index in [1.807, 2.05) is 0 Å². The number of halogens is 3. The van der Waals surface area contributed by atoms with Gasteiger partial charge in [0.15, 0.2) is 11.4 Å². The predicted octanol–water partition coefficient (Wildman–Crippen LogP) is 5.14. The van der Waals surface area contributed by atoms with Crippen LogP contribution in [0.5, 0.6) is 0 Å². The molecule has 4 nitrogen and oxygen atoms in total. The second-order valence-electron chi connectivity index (χ2n) is 7.08. The lowest BCUT2D eigenvalue weighted by atomic mass is 9.88. The normalized spacial score (nSPS) is 17.9. The van der Waals surface area contributed by atoms with Crippen molar-refractivity contribution in [2.45, 2.75) is 18.6 Å². The van der Waals surface area contributed by atoms with Gasteiger partial charge in [0.2, 0.25) is 0 Å². The van der Waals surface area contributed by atoms with Gasteiger partial charge >= 0.3 is 0 Å². The summed E-state index contributed by atoms with van der Waals surface area (Å²) in [7, 11) is 0. The summed E-state index contributed by atoms with van der Waals surface area (Å²) < 4.78 is 14.3. The van der Waals surface area contributed by atoms with E-state index in [4.69, 9.17) is 23.2 Å². The van der Waals surface area contributed by atoms with Gasteiger partial charge in [-0.2, -0.15) is 0 Å². The van der Waals surface area contributed by atoms with Crippen LogP contribution >= 0.6 is 23.2 Å². The van der Waals surface area contributed by atoms with E-state index in [1.165, 1.54) is 35.2 Å². The first-order valence-electron chi connectivity index (χ1n) is 9.17. The van der Waals surface area contributed by atoms with Crippen LogP contribution in [0.15, 0.2) is 66.7 Å². The maximum absolute atomic E-state index is 14.3. The zero-order chi connectivity index (χ0) is 21.5. The first kappa shape index (κ1) is 20.5. The van der Waals surface area contributed by atoms with Gasteiger partial charge in [-0.1, -0.05) is 47.5 Å². The SMILES string of the molecule is O=C(C[C@]1(O)C(=O)N(Cc2c(F)cccc2Cl)c2ccccc21)c1ccc(Cl)cc1. The van der Waals surface area contributed by atoms with Crippen molar-refractivity contribution >= 4 is 40.6 Å². The molecule has 3 aromatic carbocycles. The van der Waals surface area contributed by atoms with E-state index in [2.05, 4.69) is 0 Å². The van der Waals surface area contributed by atoms with Crippen LogP contribution in [0.25, 0.3) is 0 Å². The summed E-state index contributed by atoms with van der Waals surface area (Å²) >= 11 is 12.0. The van der Waals surface area contributed by atoms with E-state index in [1.54, 1.807) is 36.4 Å². The summed E-state index contributed by atoms with van der Waals surface area (Å²) in [5.41, 5.74) is -0.896. The molecule has 1 amide bonds. The molecule has 3 aromatic rings. The van der Waals surface area contributed by atoms with E-state index in [-0.39, 0.29) is 17.1 Å². The van der Waals surface area contributed by atoms with Crippen LogP contribution in [0, 0.1) is 5.82 Å². The third kappa shape index (κ3) is 3.49. The molecule has 0 spiro atoms. The molecule has 1 atom stereocenters. The van der Waals surface area contributed by atoms with Gasteiger partial charge in [0.1, 0.15) is 5.82 Å². The molecule has 7 heteroatoms. The molecular weight excluding hydrogens is 428 g/mol. The smallest absolute Gasteiger partial charge is 0.264 e. The quantitative estimate of drug-likeness (QED) is 0.555. The lowest BCUT2D eigenvalue weighted by Crippen LogP contribution is -2.41. The topological polar surface area (TPSA) is 57.6 Å². The molecule has 152 valence electrons. The fraction of sp³-hybridized carbons (Fsp3) is 0.130. The molecule has 1 N–H and O–H groups in total. The molecular formula is C23H16Cl2FNO3. The van der Waals surface area contributed by atoms with Crippen molar-refractivity contribution in [3.63, 3.8) is 0 Å². The highest BCUT2D eigenvalue weighted by Crippen LogP contribution is 2.44. The Bertz CT molecular complexity index is 1130. The van der Waals surface area contributed by atoms with E-state index in [9.17, 15) is 19.1 Å². The second-order valence-corrected chi connectivity index (χ2v) is 7.92. The minimum atomic E-state index is -2.06. The molecule has 0 unspecified atom stereocenters. The van der Waals surface area contributed by atoms with E-state index >= 15 is 0 Å². The van der Waals surface area contributed by atoms with Crippen molar-refractivity contribution in [2.24, 2.45) is 0 Å². The summed E-state index contributed by atoms with van der Waals surface area (Å²) in [6.45, 7) is -0.168. The number of amides is 1. The van der Waals surface area contributed by atoms with Gasteiger partial charge in [-0.25, -0.2) is 4.39 Å². The number of ketones is 1. The summed E-state index contributed by atoms with van der Waals surface area (Å²) in [5.74, 6) is -1.67. The van der Waals surface area contributed by atoms with Crippen molar-refractivity contribution in [1.82, 2.24) is 0 Å². The largest absolute Gasteiger partial charge is 0.375 e. The predicted molar refractivity (Wildman–Crippen MR) is 113 cm³/mol. The Kier molecular flexibility index (Phi) is 5.36. The van der Waals surface area contributed by atoms with Gasteiger partial charge < -0.3 is 10.0 Å². The number of hydrogen-bond donors (Lipinski definition) is 1. The lowest BCUT2D eigenvalue weighted by Gasteiger charge is -2.23. The lowest BCUT2D eigenvalue weighted by molar-refractivity contribution is -0.136. The van der Waals surface area contributed by atoms with E-state index < -0.39 is 29.5 Å². The van der Waals surface area contributed by atoms with Gasteiger partial charge in [0.05, 0.1) is 18.7 Å². The molecule has 0 saturated carbocycles. The average molecular weight is 444 g/mol. The Balaban J connectivity index is 1.70. The van der Waals surface area contributed by atoms with Crippen LogP contribution < -0.4 is 4.90 Å².